The van der Waals surface area contributed by atoms with Crippen LogP contribution in [0.4, 0.5) is 11.4 Å². The van der Waals surface area contributed by atoms with Gasteiger partial charge in [-0.25, -0.2) is 4.79 Å². The number of amides is 1. The lowest BCUT2D eigenvalue weighted by Crippen LogP contribution is -2.15. The fraction of sp³-hybridized carbons (Fsp3) is 0.125. The zero-order valence-corrected chi connectivity index (χ0v) is 12.9. The molecule has 0 atom stereocenters. The molecular weight excluding hydrogens is 316 g/mol. The third-order valence-electron chi connectivity index (χ3n) is 3.22. The van der Waals surface area contributed by atoms with Crippen molar-refractivity contribution in [3.05, 3.63) is 63.7 Å². The first-order valence-corrected chi connectivity index (χ1v) is 6.78. The number of nitro benzene ring substituents is 1. The van der Waals surface area contributed by atoms with Gasteiger partial charge >= 0.3 is 5.97 Å². The molecule has 0 fully saturated rings. The molecule has 0 aliphatic rings. The fourth-order valence-corrected chi connectivity index (χ4v) is 1.97. The number of methoxy groups -OCH3 is 2. The summed E-state index contributed by atoms with van der Waals surface area (Å²) in [6, 6.07) is 9.64. The Balaban J connectivity index is 2.27. The smallest absolute Gasteiger partial charge is 0.340 e. The summed E-state index contributed by atoms with van der Waals surface area (Å²) < 4.78 is 9.73. The zero-order valence-electron chi connectivity index (χ0n) is 12.9. The van der Waals surface area contributed by atoms with Crippen molar-refractivity contribution in [3.63, 3.8) is 0 Å². The maximum atomic E-state index is 12.2. The molecule has 0 saturated carbocycles. The Bertz CT molecular complexity index is 786. The normalized spacial score (nSPS) is 9.92. The fourth-order valence-electron chi connectivity index (χ4n) is 1.97. The van der Waals surface area contributed by atoms with Crippen molar-refractivity contribution in [2.45, 2.75) is 0 Å². The van der Waals surface area contributed by atoms with Crippen molar-refractivity contribution in [1.82, 2.24) is 0 Å². The lowest BCUT2D eigenvalue weighted by molar-refractivity contribution is -0.384. The molecule has 0 saturated heterocycles. The molecule has 2 rings (SSSR count). The second-order valence-electron chi connectivity index (χ2n) is 4.66. The van der Waals surface area contributed by atoms with E-state index in [1.54, 1.807) is 6.07 Å². The number of carbonyl (C=O) groups is 2. The molecule has 124 valence electrons. The predicted octanol–water partition coefficient (Wildman–Crippen LogP) is 2.64. The molecular formula is C16H14N2O6. The van der Waals surface area contributed by atoms with Crippen LogP contribution in [0.1, 0.15) is 20.7 Å². The molecule has 0 spiro atoms. The Morgan fingerprint density at radius 1 is 1.08 bits per heavy atom. The van der Waals surface area contributed by atoms with E-state index in [9.17, 15) is 19.7 Å². The zero-order chi connectivity index (χ0) is 17.7. The van der Waals surface area contributed by atoms with Crippen LogP contribution in [-0.2, 0) is 4.74 Å². The van der Waals surface area contributed by atoms with E-state index >= 15 is 0 Å². The number of rotatable bonds is 5. The van der Waals surface area contributed by atoms with E-state index in [1.807, 2.05) is 0 Å². The molecule has 0 bridgehead atoms. The molecule has 2 aromatic rings. The van der Waals surface area contributed by atoms with Crippen molar-refractivity contribution < 1.29 is 24.0 Å². The minimum Gasteiger partial charge on any atom is -0.497 e. The molecule has 0 heterocycles. The Morgan fingerprint density at radius 3 is 2.29 bits per heavy atom. The second kappa shape index (κ2) is 7.23. The van der Waals surface area contributed by atoms with Crippen LogP contribution in [0.3, 0.4) is 0 Å². The highest BCUT2D eigenvalue weighted by atomic mass is 16.6. The van der Waals surface area contributed by atoms with Gasteiger partial charge in [-0.05, 0) is 30.3 Å². The summed E-state index contributed by atoms with van der Waals surface area (Å²) >= 11 is 0. The van der Waals surface area contributed by atoms with E-state index in [-0.39, 0.29) is 22.5 Å². The second-order valence-corrected chi connectivity index (χ2v) is 4.66. The minimum atomic E-state index is -0.632. The predicted molar refractivity (Wildman–Crippen MR) is 85.4 cm³/mol. The van der Waals surface area contributed by atoms with Crippen molar-refractivity contribution >= 4 is 23.3 Å². The van der Waals surface area contributed by atoms with Crippen LogP contribution in [-0.4, -0.2) is 31.0 Å². The number of hydrogen-bond donors (Lipinski definition) is 1. The Labute approximate surface area is 137 Å². The monoisotopic (exact) mass is 330 g/mol. The van der Waals surface area contributed by atoms with Gasteiger partial charge in [0.15, 0.2) is 0 Å². The lowest BCUT2D eigenvalue weighted by atomic mass is 10.1. The number of anilines is 1. The molecule has 8 nitrogen and oxygen atoms in total. The summed E-state index contributed by atoms with van der Waals surface area (Å²) in [4.78, 5) is 34.2. The number of nitrogens with zero attached hydrogens (tertiary/aromatic N) is 1. The molecule has 0 aromatic heterocycles. The van der Waals surface area contributed by atoms with Crippen molar-refractivity contribution in [2.24, 2.45) is 0 Å². The average molecular weight is 330 g/mol. The van der Waals surface area contributed by atoms with Crippen LogP contribution in [0.2, 0.25) is 0 Å². The molecule has 8 heteroatoms. The van der Waals surface area contributed by atoms with E-state index in [0.717, 1.165) is 0 Å². The molecule has 0 aliphatic carbocycles. The van der Waals surface area contributed by atoms with Gasteiger partial charge < -0.3 is 14.8 Å². The molecule has 2 aromatic carbocycles. The first-order chi connectivity index (χ1) is 11.5. The number of non-ortho nitro benzene ring substituents is 1. The van der Waals surface area contributed by atoms with Gasteiger partial charge in [0.1, 0.15) is 5.75 Å². The van der Waals surface area contributed by atoms with Gasteiger partial charge in [-0.15, -0.1) is 0 Å². The van der Waals surface area contributed by atoms with Crippen molar-refractivity contribution in [3.8, 4) is 5.75 Å². The highest BCUT2D eigenvalue weighted by Crippen LogP contribution is 2.23. The Kier molecular flexibility index (Phi) is 5.10. The number of carbonyl (C=O) groups excluding carboxylic acids is 2. The van der Waals surface area contributed by atoms with Crippen LogP contribution in [0.25, 0.3) is 0 Å². The van der Waals surface area contributed by atoms with Gasteiger partial charge in [0.2, 0.25) is 0 Å². The third-order valence-corrected chi connectivity index (χ3v) is 3.22. The summed E-state index contributed by atoms with van der Waals surface area (Å²) in [5.41, 5.74) is 0.469. The Hall–Kier alpha value is -3.42. The third kappa shape index (κ3) is 3.67. The van der Waals surface area contributed by atoms with E-state index in [4.69, 9.17) is 4.74 Å². The minimum absolute atomic E-state index is 0.119. The summed E-state index contributed by atoms with van der Waals surface area (Å²) in [6.45, 7) is 0. The molecule has 1 amide bonds. The number of ether oxygens (including phenoxy) is 2. The molecule has 0 radical (unpaired) electrons. The molecule has 0 unspecified atom stereocenters. The maximum absolute atomic E-state index is 12.2. The highest BCUT2D eigenvalue weighted by Gasteiger charge is 2.16. The van der Waals surface area contributed by atoms with Crippen LogP contribution < -0.4 is 10.1 Å². The van der Waals surface area contributed by atoms with Crippen LogP contribution in [0.5, 0.6) is 5.75 Å². The number of esters is 1. The summed E-state index contributed by atoms with van der Waals surface area (Å²) in [5, 5.41) is 13.2. The van der Waals surface area contributed by atoms with Crippen LogP contribution >= 0.6 is 0 Å². The van der Waals surface area contributed by atoms with Crippen LogP contribution in [0.15, 0.2) is 42.5 Å². The summed E-state index contributed by atoms with van der Waals surface area (Å²) in [7, 11) is 2.68. The number of nitrogens with one attached hydrogen (secondary N) is 1. The van der Waals surface area contributed by atoms with E-state index in [0.29, 0.717) is 5.75 Å². The van der Waals surface area contributed by atoms with E-state index < -0.39 is 16.8 Å². The Morgan fingerprint density at radius 2 is 1.75 bits per heavy atom. The largest absolute Gasteiger partial charge is 0.497 e. The molecule has 0 aliphatic heterocycles. The van der Waals surface area contributed by atoms with E-state index in [1.165, 1.54) is 50.6 Å². The topological polar surface area (TPSA) is 108 Å². The van der Waals surface area contributed by atoms with Gasteiger partial charge in [0.25, 0.3) is 11.6 Å². The summed E-state index contributed by atoms with van der Waals surface area (Å²) in [6.07, 6.45) is 0. The highest BCUT2D eigenvalue weighted by molar-refractivity contribution is 6.08. The first kappa shape index (κ1) is 16.9. The SMILES string of the molecule is COC(=O)c1cc(OC)ccc1NC(=O)c1ccc([N+](=O)[O-])cc1. The van der Waals surface area contributed by atoms with Crippen molar-refractivity contribution in [2.75, 3.05) is 19.5 Å². The molecule has 24 heavy (non-hydrogen) atoms. The van der Waals surface area contributed by atoms with Gasteiger partial charge in [0.05, 0.1) is 30.4 Å². The lowest BCUT2D eigenvalue weighted by Gasteiger charge is -2.11. The van der Waals surface area contributed by atoms with Gasteiger partial charge in [-0.2, -0.15) is 0 Å². The van der Waals surface area contributed by atoms with Gasteiger partial charge in [0, 0.05) is 17.7 Å². The number of hydrogen-bond acceptors (Lipinski definition) is 6. The standard InChI is InChI=1S/C16H14N2O6/c1-23-12-7-8-14(13(9-12)16(20)24-2)17-15(19)10-3-5-11(6-4-10)18(21)22/h3-9H,1-2H3,(H,17,19). The van der Waals surface area contributed by atoms with Gasteiger partial charge in [-0.3, -0.25) is 14.9 Å². The van der Waals surface area contributed by atoms with Crippen molar-refractivity contribution in [1.29, 1.82) is 0 Å². The molecule has 1 N–H and O–H groups in total. The maximum Gasteiger partial charge on any atom is 0.340 e. The number of nitro groups is 1. The van der Waals surface area contributed by atoms with E-state index in [2.05, 4.69) is 10.1 Å². The van der Waals surface area contributed by atoms with Crippen LogP contribution in [0, 0.1) is 10.1 Å². The van der Waals surface area contributed by atoms with Gasteiger partial charge in [-0.1, -0.05) is 0 Å². The number of benzene rings is 2. The first-order valence-electron chi connectivity index (χ1n) is 6.78. The quantitative estimate of drug-likeness (QED) is 0.513. The summed E-state index contributed by atoms with van der Waals surface area (Å²) in [5.74, 6) is -0.711. The average Bonchev–Trinajstić information content (AvgIpc) is 2.61.